The van der Waals surface area contributed by atoms with E-state index in [0.717, 1.165) is 11.8 Å². The van der Waals surface area contributed by atoms with Crippen LogP contribution >= 0.6 is 11.3 Å². The summed E-state index contributed by atoms with van der Waals surface area (Å²) in [4.78, 5) is 1.25. The Hall–Kier alpha value is -1.29. The van der Waals surface area contributed by atoms with Crippen molar-refractivity contribution >= 4 is 17.2 Å². The van der Waals surface area contributed by atoms with Crippen LogP contribution in [0.5, 0.6) is 0 Å². The molecule has 0 radical (unpaired) electrons. The molecule has 0 bridgehead atoms. The molecule has 2 aliphatic rings. The number of hydrogen-bond donors (Lipinski definition) is 2. The van der Waals surface area contributed by atoms with Gasteiger partial charge >= 0.3 is 0 Å². The molecule has 3 N–H and O–H groups in total. The molecule has 2 aromatic heterocycles. The van der Waals surface area contributed by atoms with Crippen molar-refractivity contribution in [1.82, 2.24) is 10.2 Å². The molecule has 88 valence electrons. The van der Waals surface area contributed by atoms with Gasteiger partial charge in [0, 0.05) is 16.5 Å². The minimum absolute atomic E-state index is 0.660. The molecule has 2 fully saturated rings. The lowest BCUT2D eigenvalue weighted by Gasteiger charge is -2.03. The molecule has 0 aliphatic heterocycles. The van der Waals surface area contributed by atoms with E-state index in [2.05, 4.69) is 27.7 Å². The number of nitrogens with two attached hydrogens (primary N) is 1. The van der Waals surface area contributed by atoms with E-state index in [1.165, 1.54) is 35.4 Å². The van der Waals surface area contributed by atoms with Crippen LogP contribution in [-0.2, 0) is 0 Å². The second kappa shape index (κ2) is 3.35. The summed E-state index contributed by atoms with van der Waals surface area (Å²) < 4.78 is 0. The Morgan fingerprint density at radius 3 is 2.88 bits per heavy atom. The Kier molecular flexibility index (Phi) is 1.92. The number of fused-ring (bicyclic) bond motifs is 1. The largest absolute Gasteiger partial charge is 0.382 e. The van der Waals surface area contributed by atoms with E-state index in [-0.39, 0.29) is 0 Å². The maximum Gasteiger partial charge on any atom is 0.154 e. The van der Waals surface area contributed by atoms with Gasteiger partial charge in [-0.1, -0.05) is 12.5 Å². The molecule has 0 spiro atoms. The molecule has 2 atom stereocenters. The molecular formula is C13H15N3S. The van der Waals surface area contributed by atoms with Crippen molar-refractivity contribution in [1.29, 1.82) is 0 Å². The fourth-order valence-corrected chi connectivity index (χ4v) is 4.33. The van der Waals surface area contributed by atoms with Crippen LogP contribution in [-0.4, -0.2) is 10.2 Å². The number of aromatic amines is 1. The first-order valence-electron chi connectivity index (χ1n) is 6.24. The molecule has 2 saturated carbocycles. The van der Waals surface area contributed by atoms with Gasteiger partial charge in [0.1, 0.15) is 0 Å². The molecule has 4 heteroatoms. The number of rotatable bonds is 2. The molecular weight excluding hydrogens is 230 g/mol. The Balaban J connectivity index is 1.77. The Bertz CT molecular complexity index is 533. The highest BCUT2D eigenvalue weighted by molar-refractivity contribution is 7.13. The molecule has 2 aromatic rings. The lowest BCUT2D eigenvalue weighted by atomic mass is 10.0. The van der Waals surface area contributed by atoms with E-state index in [9.17, 15) is 0 Å². The van der Waals surface area contributed by atoms with Crippen LogP contribution in [0.1, 0.15) is 30.9 Å². The summed E-state index contributed by atoms with van der Waals surface area (Å²) in [5.74, 6) is 3.15. The number of thiophene rings is 1. The topological polar surface area (TPSA) is 54.7 Å². The zero-order valence-corrected chi connectivity index (χ0v) is 10.3. The molecule has 17 heavy (non-hydrogen) atoms. The van der Waals surface area contributed by atoms with Crippen LogP contribution < -0.4 is 5.73 Å². The first-order valence-corrected chi connectivity index (χ1v) is 7.12. The lowest BCUT2D eigenvalue weighted by molar-refractivity contribution is 0.670. The summed E-state index contributed by atoms with van der Waals surface area (Å²) in [6.07, 6.45) is 4.18. The van der Waals surface area contributed by atoms with Crippen molar-refractivity contribution in [3.05, 3.63) is 23.2 Å². The highest BCUT2D eigenvalue weighted by Gasteiger charge is 2.54. The monoisotopic (exact) mass is 245 g/mol. The minimum atomic E-state index is 0.660. The Labute approximate surface area is 104 Å². The van der Waals surface area contributed by atoms with Gasteiger partial charge in [0.2, 0.25) is 0 Å². The predicted octanol–water partition coefficient (Wildman–Crippen LogP) is 3.23. The fraction of sp³-hybridized carbons (Fsp3) is 0.462. The maximum atomic E-state index is 6.01. The van der Waals surface area contributed by atoms with Gasteiger partial charge in [0.25, 0.3) is 0 Å². The van der Waals surface area contributed by atoms with E-state index in [0.29, 0.717) is 11.7 Å². The van der Waals surface area contributed by atoms with Crippen molar-refractivity contribution in [2.75, 3.05) is 5.73 Å². The van der Waals surface area contributed by atoms with Crippen LogP contribution in [0.25, 0.3) is 10.4 Å². The van der Waals surface area contributed by atoms with Crippen LogP contribution in [0.3, 0.4) is 0 Å². The van der Waals surface area contributed by atoms with Crippen molar-refractivity contribution in [3.8, 4) is 10.4 Å². The number of anilines is 1. The number of nitrogens with zero attached hydrogens (tertiary/aromatic N) is 1. The molecule has 0 amide bonds. The van der Waals surface area contributed by atoms with Crippen LogP contribution in [0, 0.1) is 11.8 Å². The molecule has 0 aromatic carbocycles. The SMILES string of the molecule is Nc1n[nH]c(C2C3CCCC32)c1-c1cccs1. The first-order chi connectivity index (χ1) is 8.36. The van der Waals surface area contributed by atoms with Gasteiger partial charge in [-0.05, 0) is 36.1 Å². The van der Waals surface area contributed by atoms with Gasteiger partial charge < -0.3 is 5.73 Å². The zero-order chi connectivity index (χ0) is 11.4. The molecule has 3 nitrogen and oxygen atoms in total. The first kappa shape index (κ1) is 9.71. The summed E-state index contributed by atoms with van der Waals surface area (Å²) in [7, 11) is 0. The van der Waals surface area contributed by atoms with E-state index in [1.54, 1.807) is 11.3 Å². The average molecular weight is 245 g/mol. The lowest BCUT2D eigenvalue weighted by Crippen LogP contribution is -1.91. The standard InChI is InChI=1S/C13H15N3S/c14-13-11(9-5-2-6-17-9)12(15-16-13)10-7-3-1-4-8(7)10/h2,5-8,10H,1,3-4H2,(H3,14,15,16). The summed E-state index contributed by atoms with van der Waals surface area (Å²) in [6, 6.07) is 4.21. The molecule has 2 heterocycles. The second-order valence-corrected chi connectivity index (χ2v) is 6.11. The number of aromatic nitrogens is 2. The quantitative estimate of drug-likeness (QED) is 0.853. The maximum absolute atomic E-state index is 6.01. The van der Waals surface area contributed by atoms with Gasteiger partial charge in [-0.25, -0.2) is 0 Å². The van der Waals surface area contributed by atoms with Crippen molar-refractivity contribution < 1.29 is 0 Å². The van der Waals surface area contributed by atoms with E-state index < -0.39 is 0 Å². The third-order valence-electron chi connectivity index (χ3n) is 4.33. The zero-order valence-electron chi connectivity index (χ0n) is 9.52. The molecule has 4 rings (SSSR count). The van der Waals surface area contributed by atoms with Crippen LogP contribution in [0.15, 0.2) is 17.5 Å². The van der Waals surface area contributed by atoms with Crippen molar-refractivity contribution in [2.24, 2.45) is 11.8 Å². The average Bonchev–Trinajstić information content (AvgIpc) is 2.84. The van der Waals surface area contributed by atoms with Gasteiger partial charge in [-0.3, -0.25) is 5.10 Å². The van der Waals surface area contributed by atoms with E-state index in [1.807, 2.05) is 0 Å². The number of nitrogen functional groups attached to an aromatic ring is 1. The van der Waals surface area contributed by atoms with Crippen molar-refractivity contribution in [2.45, 2.75) is 25.2 Å². The van der Waals surface area contributed by atoms with Crippen LogP contribution in [0.2, 0.25) is 0 Å². The Morgan fingerprint density at radius 2 is 2.18 bits per heavy atom. The third-order valence-corrected chi connectivity index (χ3v) is 5.22. The highest BCUT2D eigenvalue weighted by atomic mass is 32.1. The number of nitrogens with one attached hydrogen (secondary N) is 1. The van der Waals surface area contributed by atoms with Crippen molar-refractivity contribution in [3.63, 3.8) is 0 Å². The smallest absolute Gasteiger partial charge is 0.154 e. The Morgan fingerprint density at radius 1 is 1.35 bits per heavy atom. The highest BCUT2D eigenvalue weighted by Crippen LogP contribution is 2.64. The molecule has 2 aliphatic carbocycles. The summed E-state index contributed by atoms with van der Waals surface area (Å²) in [5, 5.41) is 9.50. The third kappa shape index (κ3) is 1.30. The number of hydrogen-bond acceptors (Lipinski definition) is 3. The number of H-pyrrole nitrogens is 1. The van der Waals surface area contributed by atoms with Gasteiger partial charge in [0.15, 0.2) is 5.82 Å². The summed E-state index contributed by atoms with van der Waals surface area (Å²) in [5.41, 5.74) is 8.47. The van der Waals surface area contributed by atoms with Crippen LogP contribution in [0.4, 0.5) is 5.82 Å². The summed E-state index contributed by atoms with van der Waals surface area (Å²) in [6.45, 7) is 0. The van der Waals surface area contributed by atoms with E-state index >= 15 is 0 Å². The second-order valence-electron chi connectivity index (χ2n) is 5.16. The predicted molar refractivity (Wildman–Crippen MR) is 69.9 cm³/mol. The fourth-order valence-electron chi connectivity index (χ4n) is 3.54. The normalized spacial score (nSPS) is 30.5. The van der Waals surface area contributed by atoms with Gasteiger partial charge in [0.05, 0.1) is 5.56 Å². The van der Waals surface area contributed by atoms with Gasteiger partial charge in [-0.15, -0.1) is 11.3 Å². The minimum Gasteiger partial charge on any atom is -0.382 e. The van der Waals surface area contributed by atoms with Gasteiger partial charge in [-0.2, -0.15) is 5.10 Å². The summed E-state index contributed by atoms with van der Waals surface area (Å²) >= 11 is 1.74. The van der Waals surface area contributed by atoms with E-state index in [4.69, 9.17) is 5.73 Å². The molecule has 2 unspecified atom stereocenters. The molecule has 0 saturated heterocycles.